The summed E-state index contributed by atoms with van der Waals surface area (Å²) in [5.74, 6) is 0.870. The number of rotatable bonds is 7. The Bertz CT molecular complexity index is 342. The van der Waals surface area contributed by atoms with Crippen molar-refractivity contribution in [3.63, 3.8) is 0 Å². The molecular formula is C13H20BrNO2. The van der Waals surface area contributed by atoms with Crippen molar-refractivity contribution in [2.45, 2.75) is 33.4 Å². The summed E-state index contributed by atoms with van der Waals surface area (Å²) in [5.41, 5.74) is 1.13. The van der Waals surface area contributed by atoms with Crippen molar-refractivity contribution < 1.29 is 9.47 Å². The van der Waals surface area contributed by atoms with Gasteiger partial charge in [0.1, 0.15) is 5.75 Å². The number of benzene rings is 1. The molecule has 0 aromatic heterocycles. The third kappa shape index (κ3) is 5.52. The molecule has 1 aromatic carbocycles. The van der Waals surface area contributed by atoms with Crippen molar-refractivity contribution >= 4 is 15.9 Å². The number of hydrogen-bond donors (Lipinski definition) is 1. The van der Waals surface area contributed by atoms with Gasteiger partial charge in [-0.2, -0.15) is 0 Å². The summed E-state index contributed by atoms with van der Waals surface area (Å²) in [4.78, 5) is 0. The van der Waals surface area contributed by atoms with Crippen LogP contribution < -0.4 is 10.1 Å². The second-order valence-corrected chi connectivity index (χ2v) is 4.96. The van der Waals surface area contributed by atoms with E-state index < -0.39 is 0 Å². The minimum absolute atomic E-state index is 0.298. The summed E-state index contributed by atoms with van der Waals surface area (Å²) in [6.45, 7) is 7.95. The fourth-order valence-corrected chi connectivity index (χ4v) is 1.74. The van der Waals surface area contributed by atoms with E-state index in [4.69, 9.17) is 9.47 Å². The molecular weight excluding hydrogens is 282 g/mol. The van der Waals surface area contributed by atoms with Crippen molar-refractivity contribution in [3.05, 3.63) is 28.2 Å². The predicted octanol–water partition coefficient (Wildman–Crippen LogP) is 3.32. The fourth-order valence-electron chi connectivity index (χ4n) is 1.33. The van der Waals surface area contributed by atoms with Crippen molar-refractivity contribution in [1.82, 2.24) is 5.32 Å². The Morgan fingerprint density at radius 3 is 2.76 bits per heavy atom. The molecule has 1 aromatic rings. The van der Waals surface area contributed by atoms with E-state index in [2.05, 4.69) is 41.2 Å². The minimum Gasteiger partial charge on any atom is -0.467 e. The van der Waals surface area contributed by atoms with E-state index >= 15 is 0 Å². The van der Waals surface area contributed by atoms with Gasteiger partial charge in [-0.05, 0) is 25.1 Å². The van der Waals surface area contributed by atoms with Crippen LogP contribution >= 0.6 is 15.9 Å². The molecule has 0 heterocycles. The quantitative estimate of drug-likeness (QED) is 0.619. The molecule has 0 fully saturated rings. The molecule has 0 aliphatic heterocycles. The number of nitrogens with one attached hydrogen (secondary N) is 1. The molecule has 96 valence electrons. The van der Waals surface area contributed by atoms with Gasteiger partial charge in [-0.3, -0.25) is 0 Å². The molecule has 0 aliphatic carbocycles. The van der Waals surface area contributed by atoms with Crippen LogP contribution in [-0.4, -0.2) is 19.4 Å². The molecule has 0 amide bonds. The van der Waals surface area contributed by atoms with E-state index in [0.717, 1.165) is 22.3 Å². The van der Waals surface area contributed by atoms with Crippen molar-refractivity contribution in [2.24, 2.45) is 0 Å². The van der Waals surface area contributed by atoms with Crippen molar-refractivity contribution in [1.29, 1.82) is 0 Å². The van der Waals surface area contributed by atoms with Crippen LogP contribution in [0.1, 0.15) is 26.3 Å². The number of hydrogen-bond acceptors (Lipinski definition) is 3. The average molecular weight is 302 g/mol. The number of halogens is 1. The Morgan fingerprint density at radius 1 is 1.35 bits per heavy atom. The van der Waals surface area contributed by atoms with Crippen LogP contribution in [0.15, 0.2) is 22.7 Å². The van der Waals surface area contributed by atoms with Gasteiger partial charge < -0.3 is 14.8 Å². The van der Waals surface area contributed by atoms with Crippen LogP contribution in [0.25, 0.3) is 0 Å². The highest BCUT2D eigenvalue weighted by molar-refractivity contribution is 9.10. The lowest BCUT2D eigenvalue weighted by Crippen LogP contribution is -2.22. The van der Waals surface area contributed by atoms with Gasteiger partial charge in [-0.15, -0.1) is 0 Å². The Hall–Kier alpha value is -0.580. The highest BCUT2D eigenvalue weighted by atomic mass is 79.9. The van der Waals surface area contributed by atoms with Crippen molar-refractivity contribution in [3.8, 4) is 5.75 Å². The lowest BCUT2D eigenvalue weighted by Gasteiger charge is -2.14. The Labute approximate surface area is 112 Å². The van der Waals surface area contributed by atoms with Gasteiger partial charge >= 0.3 is 0 Å². The molecule has 0 bridgehead atoms. The van der Waals surface area contributed by atoms with Gasteiger partial charge in [0.25, 0.3) is 0 Å². The van der Waals surface area contributed by atoms with Crippen LogP contribution in [0.4, 0.5) is 0 Å². The lowest BCUT2D eigenvalue weighted by molar-refractivity contribution is 0.0217. The van der Waals surface area contributed by atoms with E-state index in [1.54, 1.807) is 0 Å². The normalized spacial score (nSPS) is 10.9. The van der Waals surface area contributed by atoms with Gasteiger partial charge in [0.05, 0.1) is 0 Å². The van der Waals surface area contributed by atoms with Gasteiger partial charge in [0.15, 0.2) is 6.79 Å². The molecule has 17 heavy (non-hydrogen) atoms. The standard InChI is InChI=1S/C13H20BrNO2/c1-4-16-9-17-13-6-5-12(14)7-11(13)8-15-10(2)3/h5-7,10,15H,4,8-9H2,1-3H3. The Balaban J connectivity index is 2.66. The fraction of sp³-hybridized carbons (Fsp3) is 0.538. The van der Waals surface area contributed by atoms with E-state index in [1.807, 2.05) is 19.1 Å². The first kappa shape index (κ1) is 14.5. The molecule has 1 N–H and O–H groups in total. The highest BCUT2D eigenvalue weighted by Gasteiger charge is 2.05. The maximum absolute atomic E-state index is 5.58. The first-order valence-corrected chi connectivity index (χ1v) is 6.65. The van der Waals surface area contributed by atoms with E-state index in [1.165, 1.54) is 0 Å². The summed E-state index contributed by atoms with van der Waals surface area (Å²) in [7, 11) is 0. The summed E-state index contributed by atoms with van der Waals surface area (Å²) >= 11 is 3.47. The molecule has 4 heteroatoms. The van der Waals surface area contributed by atoms with Gasteiger partial charge in [0, 0.05) is 29.2 Å². The largest absolute Gasteiger partial charge is 0.467 e. The van der Waals surface area contributed by atoms with Gasteiger partial charge in [-0.25, -0.2) is 0 Å². The maximum Gasteiger partial charge on any atom is 0.189 e. The first-order valence-electron chi connectivity index (χ1n) is 5.85. The smallest absolute Gasteiger partial charge is 0.189 e. The predicted molar refractivity (Wildman–Crippen MR) is 73.2 cm³/mol. The van der Waals surface area contributed by atoms with Crippen LogP contribution in [0.5, 0.6) is 5.75 Å². The SMILES string of the molecule is CCOCOc1ccc(Br)cc1CNC(C)C. The van der Waals surface area contributed by atoms with Crippen LogP contribution in [0.2, 0.25) is 0 Å². The molecule has 1 rings (SSSR count). The molecule has 0 atom stereocenters. The third-order valence-corrected chi connectivity index (χ3v) is 2.72. The van der Waals surface area contributed by atoms with Gasteiger partial charge in [0.2, 0.25) is 0 Å². The zero-order valence-electron chi connectivity index (χ0n) is 10.6. The summed E-state index contributed by atoms with van der Waals surface area (Å²) in [6, 6.07) is 6.45. The van der Waals surface area contributed by atoms with E-state index in [0.29, 0.717) is 19.4 Å². The van der Waals surface area contributed by atoms with Gasteiger partial charge in [-0.1, -0.05) is 29.8 Å². The van der Waals surface area contributed by atoms with Crippen molar-refractivity contribution in [2.75, 3.05) is 13.4 Å². The maximum atomic E-state index is 5.58. The zero-order valence-corrected chi connectivity index (χ0v) is 12.2. The lowest BCUT2D eigenvalue weighted by atomic mass is 10.2. The van der Waals surface area contributed by atoms with Crippen LogP contribution in [0.3, 0.4) is 0 Å². The van der Waals surface area contributed by atoms with E-state index in [-0.39, 0.29) is 0 Å². The highest BCUT2D eigenvalue weighted by Crippen LogP contribution is 2.23. The summed E-state index contributed by atoms with van der Waals surface area (Å²) in [5, 5.41) is 3.38. The topological polar surface area (TPSA) is 30.5 Å². The average Bonchev–Trinajstić information content (AvgIpc) is 2.29. The minimum atomic E-state index is 0.298. The first-order chi connectivity index (χ1) is 8.13. The Kier molecular flexibility index (Phi) is 6.55. The number of ether oxygens (including phenoxy) is 2. The molecule has 0 unspecified atom stereocenters. The zero-order chi connectivity index (χ0) is 12.7. The summed E-state index contributed by atoms with van der Waals surface area (Å²) < 4.78 is 11.8. The third-order valence-electron chi connectivity index (χ3n) is 2.23. The molecule has 3 nitrogen and oxygen atoms in total. The second kappa shape index (κ2) is 7.69. The Morgan fingerprint density at radius 2 is 2.12 bits per heavy atom. The summed E-state index contributed by atoms with van der Waals surface area (Å²) in [6.07, 6.45) is 0. The monoisotopic (exact) mass is 301 g/mol. The molecule has 0 radical (unpaired) electrons. The van der Waals surface area contributed by atoms with Crippen LogP contribution in [0, 0.1) is 0 Å². The molecule has 0 saturated heterocycles. The molecule has 0 aliphatic rings. The molecule has 0 saturated carbocycles. The van der Waals surface area contributed by atoms with E-state index in [9.17, 15) is 0 Å². The second-order valence-electron chi connectivity index (χ2n) is 4.04. The van der Waals surface area contributed by atoms with Crippen LogP contribution in [-0.2, 0) is 11.3 Å². The molecule has 0 spiro atoms.